The van der Waals surface area contributed by atoms with Crippen LogP contribution in [0.1, 0.15) is 113 Å². The van der Waals surface area contributed by atoms with Gasteiger partial charge in [-0.25, -0.2) is 0 Å². The Labute approximate surface area is 263 Å². The molecule has 236 valence electrons. The molecule has 4 aliphatic rings. The van der Waals surface area contributed by atoms with Crippen LogP contribution in [0.4, 0.5) is 0 Å². The van der Waals surface area contributed by atoms with Crippen molar-refractivity contribution in [2.75, 3.05) is 32.8 Å². The van der Waals surface area contributed by atoms with Crippen molar-refractivity contribution in [1.29, 1.82) is 0 Å². The van der Waals surface area contributed by atoms with Crippen molar-refractivity contribution < 1.29 is 9.53 Å². The lowest BCUT2D eigenvalue weighted by atomic mass is 9.66. The predicted octanol–water partition coefficient (Wildman–Crippen LogP) is 8.02. The predicted molar refractivity (Wildman–Crippen MR) is 178 cm³/mol. The number of carbonyl (C=O) groups is 1. The largest absolute Gasteiger partial charge is 0.379 e. The lowest BCUT2D eigenvalue weighted by molar-refractivity contribution is -0.0361. The average Bonchev–Trinajstić information content (AvgIpc) is 3.49. The Morgan fingerprint density at radius 2 is 1.59 bits per heavy atom. The fourth-order valence-corrected chi connectivity index (χ4v) is 9.09. The number of rotatable bonds is 6. The summed E-state index contributed by atoms with van der Waals surface area (Å²) in [7, 11) is 0. The summed E-state index contributed by atoms with van der Waals surface area (Å²) in [4.78, 5) is 16.1. The van der Waals surface area contributed by atoms with Crippen molar-refractivity contribution in [3.63, 3.8) is 0 Å². The van der Waals surface area contributed by atoms with Crippen LogP contribution in [0.5, 0.6) is 0 Å². The molecule has 6 heteroatoms. The minimum atomic E-state index is 0.00440. The average molecular weight is 597 g/mol. The summed E-state index contributed by atoms with van der Waals surface area (Å²) in [6.45, 7) is 6.68. The molecule has 2 N–H and O–H groups in total. The number of hydrogen-bond donors (Lipinski definition) is 2. The number of fused-ring (bicyclic) bond motifs is 2. The zero-order chi connectivity index (χ0) is 30.0. The van der Waals surface area contributed by atoms with Crippen molar-refractivity contribution in [1.82, 2.24) is 20.4 Å². The van der Waals surface area contributed by atoms with E-state index in [4.69, 9.17) is 9.84 Å². The summed E-state index contributed by atoms with van der Waals surface area (Å²) in [5.74, 6) is 2.03. The molecule has 2 heterocycles. The van der Waals surface area contributed by atoms with Crippen LogP contribution >= 0.6 is 0 Å². The van der Waals surface area contributed by atoms with Crippen LogP contribution in [0.15, 0.2) is 42.5 Å². The maximum atomic E-state index is 13.5. The molecule has 1 aromatic heterocycles. The van der Waals surface area contributed by atoms with E-state index in [1.807, 2.05) is 18.2 Å². The quantitative estimate of drug-likeness (QED) is 0.302. The number of aromatic amines is 1. The van der Waals surface area contributed by atoms with E-state index in [0.29, 0.717) is 12.1 Å². The molecule has 0 bridgehead atoms. The van der Waals surface area contributed by atoms with Gasteiger partial charge < -0.3 is 10.1 Å². The zero-order valence-electron chi connectivity index (χ0n) is 26.8. The molecule has 0 radical (unpaired) electrons. The van der Waals surface area contributed by atoms with Gasteiger partial charge in [0.15, 0.2) is 0 Å². The second-order valence-electron chi connectivity index (χ2n) is 14.8. The first-order chi connectivity index (χ1) is 21.5. The summed E-state index contributed by atoms with van der Waals surface area (Å²) < 4.78 is 5.64. The van der Waals surface area contributed by atoms with Crippen molar-refractivity contribution in [3.05, 3.63) is 53.6 Å². The van der Waals surface area contributed by atoms with E-state index in [1.165, 1.54) is 82.6 Å². The van der Waals surface area contributed by atoms with Gasteiger partial charge in [-0.15, -0.1) is 0 Å². The number of nitrogens with zero attached hydrogens (tertiary/aromatic N) is 2. The SMILES string of the molecule is CC1(c2ccc(-c3n[nH]c4ccc(C(=O)NCC5(N6CCOCC6)CCCCC5)cc34)cc2)CCCCC2CCC2CCC1. The number of aromatic nitrogens is 2. The van der Waals surface area contributed by atoms with E-state index in [0.717, 1.165) is 73.1 Å². The van der Waals surface area contributed by atoms with E-state index in [-0.39, 0.29) is 16.9 Å². The molecule has 3 aliphatic carbocycles. The number of nitrogens with one attached hydrogen (secondary N) is 2. The molecule has 1 amide bonds. The van der Waals surface area contributed by atoms with Crippen LogP contribution in [-0.2, 0) is 10.2 Å². The summed E-state index contributed by atoms with van der Waals surface area (Å²) in [5, 5.41) is 12.3. The van der Waals surface area contributed by atoms with Crippen molar-refractivity contribution >= 4 is 16.8 Å². The topological polar surface area (TPSA) is 70.2 Å². The van der Waals surface area contributed by atoms with Crippen LogP contribution in [0.3, 0.4) is 0 Å². The fourth-order valence-electron chi connectivity index (χ4n) is 9.09. The number of hydrogen-bond acceptors (Lipinski definition) is 4. The van der Waals surface area contributed by atoms with Crippen LogP contribution < -0.4 is 5.32 Å². The standard InChI is InChI=1S/C38H52N4O2/c1-37(18-6-3-8-28-10-11-29(28)9-7-19-37)32-15-12-30(13-16-32)35-33-26-31(14-17-34(33)40-41-35)36(43)39-27-38(20-4-2-5-21-38)42-22-24-44-25-23-42/h12-17,26,28-29H,2-11,18-25,27H2,1H3,(H,39,43)(H,40,41). The molecule has 7 rings (SSSR count). The van der Waals surface area contributed by atoms with Crippen LogP contribution in [0, 0.1) is 11.8 Å². The highest BCUT2D eigenvalue weighted by atomic mass is 16.5. The van der Waals surface area contributed by atoms with Gasteiger partial charge in [-0.1, -0.05) is 82.6 Å². The lowest BCUT2D eigenvalue weighted by Gasteiger charge is -2.48. The third kappa shape index (κ3) is 6.09. The van der Waals surface area contributed by atoms with E-state index in [9.17, 15) is 4.79 Å². The number of amides is 1. The molecule has 1 aliphatic heterocycles. The zero-order valence-corrected chi connectivity index (χ0v) is 26.8. The number of ether oxygens (including phenoxy) is 1. The first-order valence-corrected chi connectivity index (χ1v) is 17.7. The first-order valence-electron chi connectivity index (χ1n) is 17.7. The first kappa shape index (κ1) is 30.0. The third-order valence-corrected chi connectivity index (χ3v) is 12.2. The molecule has 1 saturated heterocycles. The van der Waals surface area contributed by atoms with Gasteiger partial charge in [-0.05, 0) is 79.5 Å². The van der Waals surface area contributed by atoms with Gasteiger partial charge in [0.2, 0.25) is 0 Å². The minimum absolute atomic E-state index is 0.00440. The molecule has 3 atom stereocenters. The smallest absolute Gasteiger partial charge is 0.251 e. The molecular formula is C38H52N4O2. The minimum Gasteiger partial charge on any atom is -0.379 e. The van der Waals surface area contributed by atoms with Crippen molar-refractivity contribution in [2.45, 2.75) is 108 Å². The second kappa shape index (κ2) is 13.0. The van der Waals surface area contributed by atoms with Gasteiger partial charge in [0.05, 0.1) is 24.4 Å². The molecule has 6 nitrogen and oxygen atoms in total. The van der Waals surface area contributed by atoms with Gasteiger partial charge >= 0.3 is 0 Å². The molecule has 2 aromatic carbocycles. The Bertz CT molecular complexity index is 1420. The molecule has 0 spiro atoms. The van der Waals surface area contributed by atoms with Gasteiger partial charge in [0.1, 0.15) is 0 Å². The summed E-state index contributed by atoms with van der Waals surface area (Å²) in [5.41, 5.74) is 5.44. The third-order valence-electron chi connectivity index (χ3n) is 12.2. The van der Waals surface area contributed by atoms with E-state index in [2.05, 4.69) is 46.5 Å². The Morgan fingerprint density at radius 3 is 2.34 bits per heavy atom. The monoisotopic (exact) mass is 596 g/mol. The van der Waals surface area contributed by atoms with Crippen LogP contribution in [0.2, 0.25) is 0 Å². The van der Waals surface area contributed by atoms with Gasteiger partial charge in [0, 0.05) is 41.7 Å². The highest BCUT2D eigenvalue weighted by Crippen LogP contribution is 2.45. The van der Waals surface area contributed by atoms with E-state index < -0.39 is 0 Å². The second-order valence-corrected chi connectivity index (χ2v) is 14.8. The normalized spacial score (nSPS) is 28.1. The summed E-state index contributed by atoms with van der Waals surface area (Å²) in [6, 6.07) is 15.1. The number of H-pyrrole nitrogens is 1. The van der Waals surface area contributed by atoms with Crippen LogP contribution in [0.25, 0.3) is 22.2 Å². The maximum Gasteiger partial charge on any atom is 0.251 e. The van der Waals surface area contributed by atoms with E-state index in [1.54, 1.807) is 0 Å². The van der Waals surface area contributed by atoms with E-state index >= 15 is 0 Å². The fraction of sp³-hybridized carbons (Fsp3) is 0.632. The molecular weight excluding hydrogens is 544 g/mol. The van der Waals surface area contributed by atoms with Crippen LogP contribution in [-0.4, -0.2) is 59.4 Å². The number of morpholine rings is 1. The van der Waals surface area contributed by atoms with Gasteiger partial charge in [-0.3, -0.25) is 14.8 Å². The highest BCUT2D eigenvalue weighted by Gasteiger charge is 2.39. The lowest BCUT2D eigenvalue weighted by Crippen LogP contribution is -2.59. The van der Waals surface area contributed by atoms with Gasteiger partial charge in [0.25, 0.3) is 5.91 Å². The van der Waals surface area contributed by atoms with Crippen molar-refractivity contribution in [3.8, 4) is 11.3 Å². The molecule has 4 fully saturated rings. The number of carbonyl (C=O) groups excluding carboxylic acids is 1. The molecule has 3 unspecified atom stereocenters. The van der Waals surface area contributed by atoms with Crippen molar-refractivity contribution in [2.24, 2.45) is 11.8 Å². The highest BCUT2D eigenvalue weighted by molar-refractivity contribution is 6.01. The molecule has 44 heavy (non-hydrogen) atoms. The Kier molecular flexibility index (Phi) is 8.83. The maximum absolute atomic E-state index is 13.5. The molecule has 3 aromatic rings. The molecule has 3 saturated carbocycles. The Hall–Kier alpha value is -2.70. The summed E-state index contributed by atoms with van der Waals surface area (Å²) in [6.07, 6.45) is 18.5. The Morgan fingerprint density at radius 1 is 0.886 bits per heavy atom. The van der Waals surface area contributed by atoms with Gasteiger partial charge in [-0.2, -0.15) is 5.10 Å². The Balaban J connectivity index is 1.06. The number of benzene rings is 2. The summed E-state index contributed by atoms with van der Waals surface area (Å²) >= 11 is 0.